The fourth-order valence-electron chi connectivity index (χ4n) is 4.02. The van der Waals surface area contributed by atoms with E-state index in [0.29, 0.717) is 6.10 Å². The third-order valence-electron chi connectivity index (χ3n) is 5.26. The van der Waals surface area contributed by atoms with Crippen molar-refractivity contribution in [2.45, 2.75) is 82.8 Å². The lowest BCUT2D eigenvalue weighted by atomic mass is 9.84. The van der Waals surface area contributed by atoms with E-state index in [1.165, 1.54) is 32.1 Å². The number of ether oxygens (including phenoxy) is 1. The monoisotopic (exact) mass is 297 g/mol. The van der Waals surface area contributed by atoms with Crippen LogP contribution < -0.4 is 5.32 Å². The summed E-state index contributed by atoms with van der Waals surface area (Å²) < 4.78 is 6.00. The SMILES string of the molecule is CCCNC1(C(=O)O)CCCC1CCOC1CCCCC1. The van der Waals surface area contributed by atoms with Gasteiger partial charge in [-0.05, 0) is 51.0 Å². The Labute approximate surface area is 128 Å². The predicted molar refractivity (Wildman–Crippen MR) is 83.4 cm³/mol. The molecule has 2 unspecified atom stereocenters. The quantitative estimate of drug-likeness (QED) is 0.721. The van der Waals surface area contributed by atoms with Gasteiger partial charge >= 0.3 is 5.97 Å². The first-order valence-electron chi connectivity index (χ1n) is 8.79. The van der Waals surface area contributed by atoms with Crippen molar-refractivity contribution >= 4 is 5.97 Å². The van der Waals surface area contributed by atoms with Crippen molar-refractivity contribution in [2.24, 2.45) is 5.92 Å². The van der Waals surface area contributed by atoms with Crippen molar-refractivity contribution in [1.82, 2.24) is 5.32 Å². The van der Waals surface area contributed by atoms with E-state index in [-0.39, 0.29) is 5.92 Å². The van der Waals surface area contributed by atoms with Crippen LogP contribution in [0.25, 0.3) is 0 Å². The number of aliphatic carboxylic acids is 1. The normalized spacial score (nSPS) is 30.6. The summed E-state index contributed by atoms with van der Waals surface area (Å²) in [5.74, 6) is -0.457. The first-order valence-corrected chi connectivity index (χ1v) is 8.79. The highest BCUT2D eigenvalue weighted by Crippen LogP contribution is 2.38. The molecule has 0 spiro atoms. The summed E-state index contributed by atoms with van der Waals surface area (Å²) in [4.78, 5) is 11.8. The molecule has 21 heavy (non-hydrogen) atoms. The van der Waals surface area contributed by atoms with Gasteiger partial charge in [0.1, 0.15) is 5.54 Å². The molecular weight excluding hydrogens is 266 g/mol. The minimum absolute atomic E-state index is 0.213. The van der Waals surface area contributed by atoms with Crippen LogP contribution in [0.2, 0.25) is 0 Å². The van der Waals surface area contributed by atoms with E-state index in [2.05, 4.69) is 12.2 Å². The van der Waals surface area contributed by atoms with Crippen LogP contribution in [0.3, 0.4) is 0 Å². The second-order valence-corrected chi connectivity index (χ2v) is 6.71. The van der Waals surface area contributed by atoms with Gasteiger partial charge in [-0.3, -0.25) is 4.79 Å². The standard InChI is InChI=1S/C17H31NO3/c1-2-12-18-17(16(19)20)11-6-7-14(17)10-13-21-15-8-4-3-5-9-15/h14-15,18H,2-13H2,1H3,(H,19,20). The molecule has 2 saturated carbocycles. The molecule has 2 aliphatic carbocycles. The van der Waals surface area contributed by atoms with Gasteiger partial charge in [-0.15, -0.1) is 0 Å². The minimum atomic E-state index is -0.702. The highest BCUT2D eigenvalue weighted by atomic mass is 16.5. The Hall–Kier alpha value is -0.610. The molecule has 122 valence electrons. The molecular formula is C17H31NO3. The van der Waals surface area contributed by atoms with Gasteiger partial charge in [0.2, 0.25) is 0 Å². The van der Waals surface area contributed by atoms with Crippen LogP contribution >= 0.6 is 0 Å². The van der Waals surface area contributed by atoms with Gasteiger partial charge < -0.3 is 15.2 Å². The zero-order chi connectivity index (χ0) is 15.1. The Morgan fingerprint density at radius 1 is 1.24 bits per heavy atom. The number of carbonyl (C=O) groups is 1. The maximum Gasteiger partial charge on any atom is 0.324 e. The Bertz CT molecular complexity index is 328. The molecule has 0 aromatic carbocycles. The first kappa shape index (κ1) is 16.8. The molecule has 0 heterocycles. The second kappa shape index (κ2) is 8.14. The Kier molecular flexibility index (Phi) is 6.49. The third kappa shape index (κ3) is 4.19. The number of rotatable bonds is 8. The maximum absolute atomic E-state index is 11.8. The molecule has 2 atom stereocenters. The van der Waals surface area contributed by atoms with E-state index in [1.807, 2.05) is 0 Å². The Balaban J connectivity index is 1.83. The molecule has 0 aromatic heterocycles. The summed E-state index contributed by atoms with van der Waals surface area (Å²) in [7, 11) is 0. The largest absolute Gasteiger partial charge is 0.480 e. The molecule has 0 aromatic rings. The molecule has 0 amide bonds. The van der Waals surface area contributed by atoms with Gasteiger partial charge in [-0.1, -0.05) is 32.6 Å². The molecule has 0 radical (unpaired) electrons. The summed E-state index contributed by atoms with van der Waals surface area (Å²) in [6.07, 6.45) is 11.3. The van der Waals surface area contributed by atoms with Crippen LogP contribution in [0.4, 0.5) is 0 Å². The zero-order valence-corrected chi connectivity index (χ0v) is 13.4. The molecule has 2 rings (SSSR count). The van der Waals surface area contributed by atoms with E-state index >= 15 is 0 Å². The van der Waals surface area contributed by atoms with Crippen molar-refractivity contribution in [3.05, 3.63) is 0 Å². The van der Waals surface area contributed by atoms with Gasteiger partial charge in [0, 0.05) is 6.61 Å². The molecule has 2 N–H and O–H groups in total. The van der Waals surface area contributed by atoms with Crippen LogP contribution in [0.1, 0.15) is 71.1 Å². The molecule has 2 fully saturated rings. The summed E-state index contributed by atoms with van der Waals surface area (Å²) in [5.41, 5.74) is -0.702. The average molecular weight is 297 g/mol. The van der Waals surface area contributed by atoms with Gasteiger partial charge in [0.15, 0.2) is 0 Å². The van der Waals surface area contributed by atoms with Gasteiger partial charge in [-0.2, -0.15) is 0 Å². The minimum Gasteiger partial charge on any atom is -0.480 e. The molecule has 2 aliphatic rings. The fourth-order valence-corrected chi connectivity index (χ4v) is 4.02. The van der Waals surface area contributed by atoms with Crippen molar-refractivity contribution in [3.8, 4) is 0 Å². The number of nitrogens with one attached hydrogen (secondary N) is 1. The molecule has 4 heteroatoms. The number of carboxylic acids is 1. The number of hydrogen-bond donors (Lipinski definition) is 2. The van der Waals surface area contributed by atoms with Crippen molar-refractivity contribution in [1.29, 1.82) is 0 Å². The van der Waals surface area contributed by atoms with Gasteiger partial charge in [0.05, 0.1) is 6.10 Å². The van der Waals surface area contributed by atoms with Crippen molar-refractivity contribution in [3.63, 3.8) is 0 Å². The number of carboxylic acid groups (broad SMARTS) is 1. The smallest absolute Gasteiger partial charge is 0.324 e. The fraction of sp³-hybridized carbons (Fsp3) is 0.941. The van der Waals surface area contributed by atoms with Gasteiger partial charge in [-0.25, -0.2) is 0 Å². The summed E-state index contributed by atoms with van der Waals surface area (Å²) in [5, 5.41) is 13.0. The molecule has 0 saturated heterocycles. The van der Waals surface area contributed by atoms with Crippen LogP contribution in [-0.2, 0) is 9.53 Å². The summed E-state index contributed by atoms with van der Waals surface area (Å²) in [6, 6.07) is 0. The van der Waals surface area contributed by atoms with Crippen LogP contribution in [0.5, 0.6) is 0 Å². The number of hydrogen-bond acceptors (Lipinski definition) is 3. The molecule has 0 bridgehead atoms. The van der Waals surface area contributed by atoms with Crippen LogP contribution in [-0.4, -0.2) is 35.9 Å². The lowest BCUT2D eigenvalue weighted by molar-refractivity contribution is -0.147. The average Bonchev–Trinajstić information content (AvgIpc) is 2.90. The first-order chi connectivity index (χ1) is 10.2. The van der Waals surface area contributed by atoms with Crippen LogP contribution in [0.15, 0.2) is 0 Å². The highest BCUT2D eigenvalue weighted by Gasteiger charge is 2.48. The summed E-state index contributed by atoms with van der Waals surface area (Å²) >= 11 is 0. The Morgan fingerprint density at radius 3 is 2.67 bits per heavy atom. The topological polar surface area (TPSA) is 58.6 Å². The predicted octanol–water partition coefficient (Wildman–Crippen LogP) is 3.35. The lowest BCUT2D eigenvalue weighted by Crippen LogP contribution is -2.55. The molecule has 4 nitrogen and oxygen atoms in total. The van der Waals surface area contributed by atoms with Gasteiger partial charge in [0.25, 0.3) is 0 Å². The van der Waals surface area contributed by atoms with E-state index in [9.17, 15) is 9.90 Å². The second-order valence-electron chi connectivity index (χ2n) is 6.71. The van der Waals surface area contributed by atoms with Crippen molar-refractivity contribution in [2.75, 3.05) is 13.2 Å². The Morgan fingerprint density at radius 2 is 2.00 bits per heavy atom. The van der Waals surface area contributed by atoms with E-state index in [0.717, 1.165) is 45.3 Å². The maximum atomic E-state index is 11.8. The lowest BCUT2D eigenvalue weighted by Gasteiger charge is -2.33. The van der Waals surface area contributed by atoms with E-state index in [4.69, 9.17) is 4.74 Å². The van der Waals surface area contributed by atoms with E-state index in [1.54, 1.807) is 0 Å². The van der Waals surface area contributed by atoms with Crippen LogP contribution in [0, 0.1) is 5.92 Å². The van der Waals surface area contributed by atoms with Crippen molar-refractivity contribution < 1.29 is 14.6 Å². The molecule has 0 aliphatic heterocycles. The zero-order valence-electron chi connectivity index (χ0n) is 13.4. The van der Waals surface area contributed by atoms with E-state index < -0.39 is 11.5 Å². The summed E-state index contributed by atoms with van der Waals surface area (Å²) in [6.45, 7) is 3.59. The highest BCUT2D eigenvalue weighted by molar-refractivity contribution is 5.79. The third-order valence-corrected chi connectivity index (χ3v) is 5.26.